The Morgan fingerprint density at radius 1 is 1.36 bits per heavy atom. The molecule has 22 heavy (non-hydrogen) atoms. The number of anilines is 1. The van der Waals surface area contributed by atoms with Crippen molar-refractivity contribution < 1.29 is 9.59 Å². The normalized spacial score (nSPS) is 10.8. The first kappa shape index (κ1) is 15.7. The van der Waals surface area contributed by atoms with E-state index in [0.717, 1.165) is 5.69 Å². The number of hydrogen-bond donors (Lipinski definition) is 2. The van der Waals surface area contributed by atoms with E-state index in [1.165, 1.54) is 4.68 Å². The highest BCUT2D eigenvalue weighted by Crippen LogP contribution is 2.09. The Labute approximate surface area is 128 Å². The van der Waals surface area contributed by atoms with Crippen molar-refractivity contribution in [2.24, 2.45) is 7.05 Å². The van der Waals surface area contributed by atoms with E-state index in [1.807, 2.05) is 13.8 Å². The second-order valence-corrected chi connectivity index (χ2v) is 5.33. The van der Waals surface area contributed by atoms with Crippen LogP contribution < -0.4 is 10.6 Å². The van der Waals surface area contributed by atoms with Crippen molar-refractivity contribution >= 4 is 17.5 Å². The highest BCUT2D eigenvalue weighted by molar-refractivity contribution is 5.98. The van der Waals surface area contributed by atoms with Crippen LogP contribution in [0.15, 0.2) is 18.5 Å². The molecule has 8 heteroatoms. The number of amides is 2. The van der Waals surface area contributed by atoms with Gasteiger partial charge in [0.05, 0.1) is 24.1 Å². The predicted octanol–water partition coefficient (Wildman–Crippen LogP) is 0.874. The van der Waals surface area contributed by atoms with Crippen molar-refractivity contribution in [3.8, 4) is 0 Å². The molecular weight excluding hydrogens is 284 g/mol. The molecule has 2 N–H and O–H groups in total. The molecular formula is C14H20N6O2. The summed E-state index contributed by atoms with van der Waals surface area (Å²) < 4.78 is 3.22. The Balaban J connectivity index is 1.87. The summed E-state index contributed by atoms with van der Waals surface area (Å²) in [5, 5.41) is 13.5. The van der Waals surface area contributed by atoms with Gasteiger partial charge in [-0.05, 0) is 26.8 Å². The molecule has 2 aromatic rings. The van der Waals surface area contributed by atoms with Gasteiger partial charge in [0, 0.05) is 19.3 Å². The van der Waals surface area contributed by atoms with Gasteiger partial charge in [-0.1, -0.05) is 0 Å². The molecule has 0 bridgehead atoms. The maximum absolute atomic E-state index is 12.0. The lowest BCUT2D eigenvalue weighted by atomic mass is 10.3. The number of rotatable bonds is 5. The molecule has 2 rings (SSSR count). The SMILES string of the molecule is Cc1cc(C(=O)NCC(=O)Nc2cnn(C(C)C)c2)n(C)n1. The lowest BCUT2D eigenvalue weighted by molar-refractivity contribution is -0.115. The molecule has 0 aliphatic heterocycles. The van der Waals surface area contributed by atoms with Crippen LogP contribution in [-0.4, -0.2) is 37.9 Å². The van der Waals surface area contributed by atoms with Crippen LogP contribution in [0.2, 0.25) is 0 Å². The Morgan fingerprint density at radius 3 is 2.64 bits per heavy atom. The van der Waals surface area contributed by atoms with E-state index in [9.17, 15) is 9.59 Å². The van der Waals surface area contributed by atoms with Gasteiger partial charge in [0.15, 0.2) is 0 Å². The molecule has 2 heterocycles. The number of carbonyl (C=O) groups is 2. The minimum absolute atomic E-state index is 0.115. The summed E-state index contributed by atoms with van der Waals surface area (Å²) in [4.78, 5) is 23.8. The van der Waals surface area contributed by atoms with E-state index in [1.54, 1.807) is 37.1 Å². The number of aryl methyl sites for hydroxylation is 2. The van der Waals surface area contributed by atoms with E-state index >= 15 is 0 Å². The van der Waals surface area contributed by atoms with Gasteiger partial charge in [-0.3, -0.25) is 19.0 Å². The lowest BCUT2D eigenvalue weighted by Crippen LogP contribution is -2.33. The largest absolute Gasteiger partial charge is 0.342 e. The third-order valence-electron chi connectivity index (χ3n) is 3.06. The van der Waals surface area contributed by atoms with Crippen LogP contribution in [0.3, 0.4) is 0 Å². The first-order valence-corrected chi connectivity index (χ1v) is 6.99. The molecule has 2 aromatic heterocycles. The van der Waals surface area contributed by atoms with Crippen molar-refractivity contribution in [1.82, 2.24) is 24.9 Å². The zero-order chi connectivity index (χ0) is 16.3. The van der Waals surface area contributed by atoms with Crippen LogP contribution in [0.4, 0.5) is 5.69 Å². The third-order valence-corrected chi connectivity index (χ3v) is 3.06. The summed E-state index contributed by atoms with van der Waals surface area (Å²) in [7, 11) is 1.68. The van der Waals surface area contributed by atoms with Crippen molar-refractivity contribution in [2.75, 3.05) is 11.9 Å². The first-order valence-electron chi connectivity index (χ1n) is 6.99. The van der Waals surface area contributed by atoms with Crippen LogP contribution >= 0.6 is 0 Å². The highest BCUT2D eigenvalue weighted by Gasteiger charge is 2.13. The summed E-state index contributed by atoms with van der Waals surface area (Å²) in [6.45, 7) is 5.68. The maximum Gasteiger partial charge on any atom is 0.269 e. The molecule has 0 unspecified atom stereocenters. The molecule has 8 nitrogen and oxygen atoms in total. The fourth-order valence-electron chi connectivity index (χ4n) is 1.96. The van der Waals surface area contributed by atoms with E-state index in [2.05, 4.69) is 20.8 Å². The van der Waals surface area contributed by atoms with Gasteiger partial charge in [-0.2, -0.15) is 10.2 Å². The van der Waals surface area contributed by atoms with Gasteiger partial charge in [0.1, 0.15) is 5.69 Å². The minimum atomic E-state index is -0.337. The molecule has 0 aliphatic carbocycles. The standard InChI is InChI=1S/C14H20N6O2/c1-9(2)20-8-11(6-16-20)17-13(21)7-15-14(22)12-5-10(3)18-19(12)4/h5-6,8-9H,7H2,1-4H3,(H,15,22)(H,17,21). The van der Waals surface area contributed by atoms with Crippen LogP contribution in [0.1, 0.15) is 36.1 Å². The van der Waals surface area contributed by atoms with Gasteiger partial charge in [0.2, 0.25) is 5.91 Å². The fourth-order valence-corrected chi connectivity index (χ4v) is 1.96. The number of aromatic nitrogens is 4. The zero-order valence-corrected chi connectivity index (χ0v) is 13.1. The second kappa shape index (κ2) is 6.42. The first-order chi connectivity index (χ1) is 10.4. The lowest BCUT2D eigenvalue weighted by Gasteiger charge is -2.06. The van der Waals surface area contributed by atoms with Gasteiger partial charge < -0.3 is 10.6 Å². The molecule has 2 amide bonds. The molecule has 118 valence electrons. The zero-order valence-electron chi connectivity index (χ0n) is 13.1. The molecule has 0 saturated carbocycles. The Bertz CT molecular complexity index is 685. The van der Waals surface area contributed by atoms with E-state index in [-0.39, 0.29) is 24.4 Å². The van der Waals surface area contributed by atoms with Gasteiger partial charge in [0.25, 0.3) is 5.91 Å². The molecule has 0 aliphatic rings. The summed E-state index contributed by atoms with van der Waals surface area (Å²) >= 11 is 0. The predicted molar refractivity (Wildman–Crippen MR) is 81.5 cm³/mol. The van der Waals surface area contributed by atoms with Crippen molar-refractivity contribution in [3.05, 3.63) is 29.8 Å². The number of nitrogens with zero attached hydrogens (tertiary/aromatic N) is 4. The van der Waals surface area contributed by atoms with Gasteiger partial charge >= 0.3 is 0 Å². The van der Waals surface area contributed by atoms with E-state index in [0.29, 0.717) is 11.4 Å². The number of carbonyl (C=O) groups excluding carboxylic acids is 2. The van der Waals surface area contributed by atoms with Crippen molar-refractivity contribution in [1.29, 1.82) is 0 Å². The summed E-state index contributed by atoms with van der Waals surface area (Å²) in [6, 6.07) is 1.89. The topological polar surface area (TPSA) is 93.8 Å². The average molecular weight is 304 g/mol. The van der Waals surface area contributed by atoms with E-state index < -0.39 is 0 Å². The van der Waals surface area contributed by atoms with Gasteiger partial charge in [-0.15, -0.1) is 0 Å². The van der Waals surface area contributed by atoms with Gasteiger partial charge in [-0.25, -0.2) is 0 Å². The molecule has 0 saturated heterocycles. The summed E-state index contributed by atoms with van der Waals surface area (Å²) in [6.07, 6.45) is 3.32. The molecule has 0 atom stereocenters. The minimum Gasteiger partial charge on any atom is -0.342 e. The fraction of sp³-hybridized carbons (Fsp3) is 0.429. The number of hydrogen-bond acceptors (Lipinski definition) is 4. The average Bonchev–Trinajstić information content (AvgIpc) is 3.03. The smallest absolute Gasteiger partial charge is 0.269 e. The van der Waals surface area contributed by atoms with E-state index in [4.69, 9.17) is 0 Å². The summed E-state index contributed by atoms with van der Waals surface area (Å²) in [5.74, 6) is -0.647. The monoisotopic (exact) mass is 304 g/mol. The maximum atomic E-state index is 12.0. The Hall–Kier alpha value is -2.64. The summed E-state index contributed by atoms with van der Waals surface area (Å²) in [5.41, 5.74) is 1.76. The van der Waals surface area contributed by atoms with Crippen molar-refractivity contribution in [3.63, 3.8) is 0 Å². The quantitative estimate of drug-likeness (QED) is 0.857. The van der Waals surface area contributed by atoms with Crippen LogP contribution in [-0.2, 0) is 11.8 Å². The molecule has 0 aromatic carbocycles. The van der Waals surface area contributed by atoms with Crippen LogP contribution in [0.25, 0.3) is 0 Å². The number of nitrogens with one attached hydrogen (secondary N) is 2. The van der Waals surface area contributed by atoms with Crippen LogP contribution in [0, 0.1) is 6.92 Å². The molecule has 0 fully saturated rings. The Kier molecular flexibility index (Phi) is 4.59. The molecule has 0 spiro atoms. The van der Waals surface area contributed by atoms with Crippen LogP contribution in [0.5, 0.6) is 0 Å². The Morgan fingerprint density at radius 2 is 2.09 bits per heavy atom. The molecule has 0 radical (unpaired) electrons. The third kappa shape index (κ3) is 3.72. The highest BCUT2D eigenvalue weighted by atomic mass is 16.2. The second-order valence-electron chi connectivity index (χ2n) is 5.33. The van der Waals surface area contributed by atoms with Crippen molar-refractivity contribution in [2.45, 2.75) is 26.8 Å².